The van der Waals surface area contributed by atoms with Gasteiger partial charge in [0.15, 0.2) is 0 Å². The summed E-state index contributed by atoms with van der Waals surface area (Å²) in [4.78, 5) is 23.8. The van der Waals surface area contributed by atoms with Gasteiger partial charge in [-0.25, -0.2) is 9.97 Å². The lowest BCUT2D eigenvalue weighted by atomic mass is 9.77. The first kappa shape index (κ1) is 16.0. The van der Waals surface area contributed by atoms with Crippen molar-refractivity contribution >= 4 is 12.0 Å². The first-order chi connectivity index (χ1) is 12.2. The van der Waals surface area contributed by atoms with E-state index in [-0.39, 0.29) is 11.3 Å². The van der Waals surface area contributed by atoms with Gasteiger partial charge in [-0.15, -0.1) is 0 Å². The molecule has 4 heteroatoms. The van der Waals surface area contributed by atoms with E-state index in [0.717, 1.165) is 50.2 Å². The largest absolute Gasteiger partial charge is 0.338 e. The number of piperidine rings is 1. The number of amides is 1. The van der Waals surface area contributed by atoms with Crippen LogP contribution in [0.2, 0.25) is 0 Å². The topological polar surface area (TPSA) is 46.1 Å². The average molecular weight is 333 g/mol. The first-order valence-electron chi connectivity index (χ1n) is 9.01. The van der Waals surface area contributed by atoms with E-state index in [0.29, 0.717) is 0 Å². The second kappa shape index (κ2) is 6.43. The van der Waals surface area contributed by atoms with Gasteiger partial charge in [0.25, 0.3) is 0 Å². The standard InChI is InChI=1S/C21H23N3O/c1-16-22-14-18-10-12-21(20(18)23-16)11-5-13-24(15-21)19(25)9-8-17-6-3-2-4-7-17/h2-4,6-9,14H,5,10-13,15H2,1H3/b9-8+. The summed E-state index contributed by atoms with van der Waals surface area (Å²) < 4.78 is 0. The van der Waals surface area contributed by atoms with Crippen molar-refractivity contribution in [3.8, 4) is 0 Å². The third-order valence-corrected chi connectivity index (χ3v) is 5.47. The van der Waals surface area contributed by atoms with Crippen molar-refractivity contribution in [2.24, 2.45) is 0 Å². The maximum absolute atomic E-state index is 12.7. The van der Waals surface area contributed by atoms with E-state index in [1.165, 1.54) is 11.3 Å². The van der Waals surface area contributed by atoms with E-state index in [4.69, 9.17) is 4.98 Å². The van der Waals surface area contributed by atoms with Crippen molar-refractivity contribution in [3.05, 3.63) is 65.2 Å². The molecular formula is C21H23N3O. The van der Waals surface area contributed by atoms with Gasteiger partial charge in [0.2, 0.25) is 5.91 Å². The summed E-state index contributed by atoms with van der Waals surface area (Å²) in [6.07, 6.45) is 9.83. The van der Waals surface area contributed by atoms with Gasteiger partial charge in [-0.05, 0) is 49.8 Å². The number of aryl methyl sites for hydroxylation is 2. The van der Waals surface area contributed by atoms with Crippen molar-refractivity contribution < 1.29 is 4.79 Å². The second-order valence-corrected chi connectivity index (χ2v) is 7.18. The molecule has 2 heterocycles. The monoisotopic (exact) mass is 333 g/mol. The minimum Gasteiger partial charge on any atom is -0.338 e. The van der Waals surface area contributed by atoms with Gasteiger partial charge >= 0.3 is 0 Å². The number of aromatic nitrogens is 2. The van der Waals surface area contributed by atoms with Gasteiger partial charge in [0.1, 0.15) is 5.82 Å². The van der Waals surface area contributed by atoms with Crippen molar-refractivity contribution in [1.29, 1.82) is 0 Å². The Morgan fingerprint density at radius 3 is 2.92 bits per heavy atom. The van der Waals surface area contributed by atoms with Crippen LogP contribution >= 0.6 is 0 Å². The molecule has 25 heavy (non-hydrogen) atoms. The van der Waals surface area contributed by atoms with E-state index >= 15 is 0 Å². The lowest BCUT2D eigenvalue weighted by Gasteiger charge is -2.40. The number of benzene rings is 1. The predicted octanol–water partition coefficient (Wildman–Crippen LogP) is 3.30. The summed E-state index contributed by atoms with van der Waals surface area (Å²) in [5.41, 5.74) is 3.53. The van der Waals surface area contributed by atoms with Gasteiger partial charge in [-0.2, -0.15) is 0 Å². The molecule has 4 nitrogen and oxygen atoms in total. The Labute approximate surface area is 148 Å². The van der Waals surface area contributed by atoms with Gasteiger partial charge in [-0.1, -0.05) is 30.3 Å². The Morgan fingerprint density at radius 2 is 2.08 bits per heavy atom. The normalized spacial score (nSPS) is 22.5. The maximum atomic E-state index is 12.7. The lowest BCUT2D eigenvalue weighted by Crippen LogP contribution is -2.47. The SMILES string of the molecule is Cc1ncc2c(n1)C1(CCCN(C(=O)/C=C/c3ccccc3)C1)CC2. The number of rotatable bonds is 2. The highest BCUT2D eigenvalue weighted by atomic mass is 16.2. The number of fused-ring (bicyclic) bond motifs is 2. The molecule has 1 aliphatic heterocycles. The predicted molar refractivity (Wildman–Crippen MR) is 98.1 cm³/mol. The Morgan fingerprint density at radius 1 is 1.24 bits per heavy atom. The van der Waals surface area contributed by atoms with Gasteiger partial charge in [0, 0.05) is 30.8 Å². The number of carbonyl (C=O) groups is 1. The van der Waals surface area contributed by atoms with Crippen LogP contribution < -0.4 is 0 Å². The molecule has 4 rings (SSSR count). The molecule has 1 saturated heterocycles. The molecule has 1 aromatic carbocycles. The van der Waals surface area contributed by atoms with Crippen LogP contribution in [0.5, 0.6) is 0 Å². The van der Waals surface area contributed by atoms with Crippen LogP contribution in [0.4, 0.5) is 0 Å². The maximum Gasteiger partial charge on any atom is 0.246 e. The molecule has 128 valence electrons. The summed E-state index contributed by atoms with van der Waals surface area (Å²) in [6.45, 7) is 3.55. The average Bonchev–Trinajstić information content (AvgIpc) is 2.98. The fourth-order valence-electron chi connectivity index (χ4n) is 4.18. The van der Waals surface area contributed by atoms with Crippen LogP contribution in [0.3, 0.4) is 0 Å². The third kappa shape index (κ3) is 3.09. The smallest absolute Gasteiger partial charge is 0.246 e. The van der Waals surface area contributed by atoms with Gasteiger partial charge in [0.05, 0.1) is 5.69 Å². The second-order valence-electron chi connectivity index (χ2n) is 7.18. The Hall–Kier alpha value is -2.49. The van der Waals surface area contributed by atoms with Crippen molar-refractivity contribution in [3.63, 3.8) is 0 Å². The summed E-state index contributed by atoms with van der Waals surface area (Å²) in [6, 6.07) is 9.97. The number of hydrogen-bond acceptors (Lipinski definition) is 3. The summed E-state index contributed by atoms with van der Waals surface area (Å²) in [5.74, 6) is 0.926. The molecule has 0 bridgehead atoms. The molecule has 1 amide bonds. The molecule has 0 saturated carbocycles. The quantitative estimate of drug-likeness (QED) is 0.792. The summed E-state index contributed by atoms with van der Waals surface area (Å²) in [5, 5.41) is 0. The fourth-order valence-corrected chi connectivity index (χ4v) is 4.18. The fraction of sp³-hybridized carbons (Fsp3) is 0.381. The van der Waals surface area contributed by atoms with Crippen LogP contribution in [-0.2, 0) is 16.6 Å². The zero-order chi connectivity index (χ0) is 17.3. The Kier molecular flexibility index (Phi) is 4.12. The minimum atomic E-state index is 0.0253. The van der Waals surface area contributed by atoms with E-state index in [1.807, 2.05) is 54.4 Å². The summed E-state index contributed by atoms with van der Waals surface area (Å²) >= 11 is 0. The van der Waals surface area contributed by atoms with E-state index in [1.54, 1.807) is 6.08 Å². The lowest BCUT2D eigenvalue weighted by molar-refractivity contribution is -0.128. The number of nitrogens with zero attached hydrogens (tertiary/aromatic N) is 3. The molecule has 1 aromatic heterocycles. The van der Waals surface area contributed by atoms with E-state index in [2.05, 4.69) is 4.98 Å². The molecule has 2 aliphatic rings. The Bertz CT molecular complexity index is 811. The number of likely N-dealkylation sites (tertiary alicyclic amines) is 1. The van der Waals surface area contributed by atoms with Crippen LogP contribution in [0.25, 0.3) is 6.08 Å². The molecule has 1 unspecified atom stereocenters. The zero-order valence-electron chi connectivity index (χ0n) is 14.6. The van der Waals surface area contributed by atoms with Crippen LogP contribution in [0.1, 0.15) is 41.9 Å². The molecule has 0 radical (unpaired) electrons. The molecule has 1 spiro atoms. The highest BCUT2D eigenvalue weighted by Gasteiger charge is 2.44. The number of hydrogen-bond donors (Lipinski definition) is 0. The third-order valence-electron chi connectivity index (χ3n) is 5.47. The minimum absolute atomic E-state index is 0.0253. The van der Waals surface area contributed by atoms with Crippen molar-refractivity contribution in [1.82, 2.24) is 14.9 Å². The zero-order valence-corrected chi connectivity index (χ0v) is 14.6. The molecule has 0 N–H and O–H groups in total. The van der Waals surface area contributed by atoms with Gasteiger partial charge < -0.3 is 4.90 Å². The molecule has 2 aromatic rings. The molecule has 1 fully saturated rings. The Balaban J connectivity index is 1.53. The van der Waals surface area contributed by atoms with E-state index < -0.39 is 0 Å². The number of carbonyl (C=O) groups excluding carboxylic acids is 1. The van der Waals surface area contributed by atoms with Crippen molar-refractivity contribution in [2.75, 3.05) is 13.1 Å². The highest BCUT2D eigenvalue weighted by molar-refractivity contribution is 5.92. The van der Waals surface area contributed by atoms with Crippen LogP contribution in [-0.4, -0.2) is 33.9 Å². The van der Waals surface area contributed by atoms with Crippen molar-refractivity contribution in [2.45, 2.75) is 38.0 Å². The molecular weight excluding hydrogens is 310 g/mol. The van der Waals surface area contributed by atoms with Crippen LogP contribution in [0.15, 0.2) is 42.6 Å². The van der Waals surface area contributed by atoms with E-state index in [9.17, 15) is 4.79 Å². The van der Waals surface area contributed by atoms with Crippen LogP contribution in [0, 0.1) is 6.92 Å². The first-order valence-corrected chi connectivity index (χ1v) is 9.01. The highest BCUT2D eigenvalue weighted by Crippen LogP contribution is 2.43. The van der Waals surface area contributed by atoms with Gasteiger partial charge in [-0.3, -0.25) is 4.79 Å². The molecule has 1 aliphatic carbocycles. The molecule has 1 atom stereocenters. The summed E-state index contributed by atoms with van der Waals surface area (Å²) in [7, 11) is 0.